The molecule has 0 aliphatic heterocycles. The summed E-state index contributed by atoms with van der Waals surface area (Å²) in [7, 11) is 1.94. The molecule has 1 heterocycles. The summed E-state index contributed by atoms with van der Waals surface area (Å²) < 4.78 is 5.60. The maximum Gasteiger partial charge on any atom is 0.134 e. The highest BCUT2D eigenvalue weighted by Crippen LogP contribution is 2.28. The molecule has 1 aromatic heterocycles. The fourth-order valence-electron chi connectivity index (χ4n) is 2.55. The zero-order valence-electron chi connectivity index (χ0n) is 11.3. The van der Waals surface area contributed by atoms with Crippen LogP contribution >= 0.6 is 0 Å². The number of hydrogen-bond acceptors (Lipinski definition) is 3. The van der Waals surface area contributed by atoms with Crippen LogP contribution in [-0.2, 0) is 6.42 Å². The van der Waals surface area contributed by atoms with Gasteiger partial charge in [0.05, 0.1) is 6.26 Å². The normalized spacial score (nSPS) is 12.7. The number of hydrogen-bond donors (Lipinski definition) is 2. The minimum atomic E-state index is 0.153. The number of benzene rings is 2. The topological polar surface area (TPSA) is 45.4 Å². The number of rotatable bonds is 4. The molecular formula is C17H17NO2. The van der Waals surface area contributed by atoms with E-state index in [0.717, 1.165) is 28.5 Å². The first-order valence-electron chi connectivity index (χ1n) is 6.69. The Hall–Kier alpha value is -2.26. The van der Waals surface area contributed by atoms with Crippen molar-refractivity contribution in [1.82, 2.24) is 5.32 Å². The molecule has 0 bridgehead atoms. The van der Waals surface area contributed by atoms with E-state index >= 15 is 0 Å². The van der Waals surface area contributed by atoms with Gasteiger partial charge in [-0.05, 0) is 37.2 Å². The van der Waals surface area contributed by atoms with Crippen LogP contribution in [0.25, 0.3) is 11.0 Å². The lowest BCUT2D eigenvalue weighted by atomic mass is 9.98. The third-order valence-electron chi connectivity index (χ3n) is 3.59. The highest BCUT2D eigenvalue weighted by atomic mass is 16.3. The molecule has 0 amide bonds. The lowest BCUT2D eigenvalue weighted by Gasteiger charge is -2.15. The van der Waals surface area contributed by atoms with Crippen molar-refractivity contribution in [3.8, 4) is 5.75 Å². The average molecular weight is 267 g/mol. The van der Waals surface area contributed by atoms with Crippen LogP contribution in [0, 0.1) is 0 Å². The lowest BCUT2D eigenvalue weighted by Crippen LogP contribution is -2.18. The van der Waals surface area contributed by atoms with E-state index in [-0.39, 0.29) is 6.04 Å². The van der Waals surface area contributed by atoms with Crippen LogP contribution in [0.1, 0.15) is 17.2 Å². The molecule has 0 saturated heterocycles. The Labute approximate surface area is 117 Å². The minimum Gasteiger partial charge on any atom is -0.508 e. The first-order chi connectivity index (χ1) is 9.78. The summed E-state index contributed by atoms with van der Waals surface area (Å²) >= 11 is 0. The number of fused-ring (bicyclic) bond motifs is 1. The second-order valence-electron chi connectivity index (χ2n) is 4.90. The third kappa shape index (κ3) is 2.40. The van der Waals surface area contributed by atoms with Crippen molar-refractivity contribution < 1.29 is 9.52 Å². The van der Waals surface area contributed by atoms with Crippen molar-refractivity contribution in [2.24, 2.45) is 0 Å². The molecule has 0 radical (unpaired) electrons. The predicted molar refractivity (Wildman–Crippen MR) is 79.8 cm³/mol. The van der Waals surface area contributed by atoms with Crippen LogP contribution in [0.15, 0.2) is 59.2 Å². The predicted octanol–water partition coefficient (Wildman–Crippen LogP) is 3.64. The van der Waals surface area contributed by atoms with Gasteiger partial charge in [-0.25, -0.2) is 0 Å². The van der Waals surface area contributed by atoms with Crippen molar-refractivity contribution in [2.45, 2.75) is 12.5 Å². The van der Waals surface area contributed by atoms with E-state index < -0.39 is 0 Å². The fraction of sp³-hybridized carbons (Fsp3) is 0.176. The van der Waals surface area contributed by atoms with Crippen LogP contribution in [0.3, 0.4) is 0 Å². The van der Waals surface area contributed by atoms with Gasteiger partial charge in [0, 0.05) is 17.0 Å². The minimum absolute atomic E-state index is 0.153. The third-order valence-corrected chi connectivity index (χ3v) is 3.59. The largest absolute Gasteiger partial charge is 0.508 e. The first-order valence-corrected chi connectivity index (χ1v) is 6.69. The van der Waals surface area contributed by atoms with Gasteiger partial charge < -0.3 is 14.8 Å². The zero-order valence-corrected chi connectivity index (χ0v) is 11.3. The van der Waals surface area contributed by atoms with Crippen LogP contribution in [-0.4, -0.2) is 12.2 Å². The summed E-state index contributed by atoms with van der Waals surface area (Å²) in [4.78, 5) is 0. The van der Waals surface area contributed by atoms with Crippen molar-refractivity contribution in [3.05, 3.63) is 65.9 Å². The van der Waals surface area contributed by atoms with Crippen LogP contribution in [0.5, 0.6) is 5.75 Å². The monoisotopic (exact) mass is 267 g/mol. The van der Waals surface area contributed by atoms with Crippen molar-refractivity contribution >= 4 is 11.0 Å². The van der Waals surface area contributed by atoms with Crippen LogP contribution < -0.4 is 5.32 Å². The molecule has 3 heteroatoms. The van der Waals surface area contributed by atoms with E-state index in [1.807, 2.05) is 43.6 Å². The van der Waals surface area contributed by atoms with E-state index in [0.29, 0.717) is 5.75 Å². The Morgan fingerprint density at radius 1 is 1.15 bits per heavy atom. The summed E-state index contributed by atoms with van der Waals surface area (Å²) in [6.45, 7) is 0. The molecule has 1 atom stereocenters. The number of nitrogens with one attached hydrogen (secondary N) is 1. The molecule has 102 valence electrons. The van der Waals surface area contributed by atoms with E-state index in [2.05, 4.69) is 11.4 Å². The summed E-state index contributed by atoms with van der Waals surface area (Å²) in [6.07, 6.45) is 2.61. The molecule has 0 spiro atoms. The summed E-state index contributed by atoms with van der Waals surface area (Å²) in [5, 5.41) is 14.0. The SMILES string of the molecule is CNC(Cc1cccc(O)c1)c1coc2ccccc12. The maximum atomic E-state index is 9.56. The molecule has 2 aromatic carbocycles. The number of phenols is 1. The fourth-order valence-corrected chi connectivity index (χ4v) is 2.55. The number of likely N-dealkylation sites (N-methyl/N-ethyl adjacent to an activating group) is 1. The summed E-state index contributed by atoms with van der Waals surface area (Å²) in [6, 6.07) is 15.6. The Kier molecular flexibility index (Phi) is 3.44. The number of phenolic OH excluding ortho intramolecular Hbond substituents is 1. The van der Waals surface area contributed by atoms with Gasteiger partial charge in [-0.15, -0.1) is 0 Å². The van der Waals surface area contributed by atoms with Gasteiger partial charge >= 0.3 is 0 Å². The van der Waals surface area contributed by atoms with Gasteiger partial charge in [-0.1, -0.05) is 30.3 Å². The van der Waals surface area contributed by atoms with E-state index in [1.54, 1.807) is 12.1 Å². The molecule has 20 heavy (non-hydrogen) atoms. The van der Waals surface area contributed by atoms with Gasteiger partial charge in [0.2, 0.25) is 0 Å². The molecule has 1 unspecified atom stereocenters. The maximum absolute atomic E-state index is 9.56. The van der Waals surface area contributed by atoms with Crippen LogP contribution in [0.4, 0.5) is 0 Å². The second-order valence-corrected chi connectivity index (χ2v) is 4.90. The molecule has 3 nitrogen and oxygen atoms in total. The molecule has 0 fully saturated rings. The Morgan fingerprint density at radius 2 is 2.00 bits per heavy atom. The molecule has 2 N–H and O–H groups in total. The molecule has 3 aromatic rings. The van der Waals surface area contributed by atoms with Gasteiger partial charge in [0.1, 0.15) is 11.3 Å². The zero-order chi connectivity index (χ0) is 13.9. The molecule has 0 aliphatic carbocycles. The molecule has 0 aliphatic rings. The summed E-state index contributed by atoms with van der Waals surface area (Å²) in [5.41, 5.74) is 3.14. The van der Waals surface area contributed by atoms with E-state index in [9.17, 15) is 5.11 Å². The Balaban J connectivity index is 1.93. The molecule has 3 rings (SSSR count). The van der Waals surface area contributed by atoms with Crippen molar-refractivity contribution in [1.29, 1.82) is 0 Å². The van der Waals surface area contributed by atoms with Gasteiger partial charge in [-0.2, -0.15) is 0 Å². The van der Waals surface area contributed by atoms with Gasteiger partial charge in [0.25, 0.3) is 0 Å². The highest BCUT2D eigenvalue weighted by Gasteiger charge is 2.16. The standard InChI is InChI=1S/C17H17NO2/c1-18-16(10-12-5-4-6-13(19)9-12)15-11-20-17-8-3-2-7-14(15)17/h2-9,11,16,18-19H,10H2,1H3. The van der Waals surface area contributed by atoms with Crippen LogP contribution in [0.2, 0.25) is 0 Å². The van der Waals surface area contributed by atoms with E-state index in [4.69, 9.17) is 4.42 Å². The summed E-state index contributed by atoms with van der Waals surface area (Å²) in [5.74, 6) is 0.300. The van der Waals surface area contributed by atoms with Gasteiger partial charge in [0.15, 0.2) is 0 Å². The van der Waals surface area contributed by atoms with Crippen molar-refractivity contribution in [3.63, 3.8) is 0 Å². The van der Waals surface area contributed by atoms with E-state index in [1.165, 1.54) is 0 Å². The second kappa shape index (κ2) is 5.39. The smallest absolute Gasteiger partial charge is 0.134 e. The molecule has 0 saturated carbocycles. The first kappa shape index (κ1) is 12.8. The van der Waals surface area contributed by atoms with Crippen molar-refractivity contribution in [2.75, 3.05) is 7.05 Å². The van der Waals surface area contributed by atoms with Gasteiger partial charge in [-0.3, -0.25) is 0 Å². The quantitative estimate of drug-likeness (QED) is 0.758. The Bertz CT molecular complexity index is 718. The average Bonchev–Trinajstić information content (AvgIpc) is 2.89. The number of para-hydroxylation sites is 1. The highest BCUT2D eigenvalue weighted by molar-refractivity contribution is 5.81. The molecular weight excluding hydrogens is 250 g/mol. The number of aromatic hydroxyl groups is 1. The number of furan rings is 1. The lowest BCUT2D eigenvalue weighted by molar-refractivity contribution is 0.473. The Morgan fingerprint density at radius 3 is 2.80 bits per heavy atom.